The number of likely N-dealkylation sites (tertiary alicyclic amines) is 1. The Morgan fingerprint density at radius 1 is 1.12 bits per heavy atom. The molecule has 2 aliphatic rings. The van der Waals surface area contributed by atoms with Gasteiger partial charge in [0.15, 0.2) is 5.13 Å². The molecule has 2 aromatic carbocycles. The molecule has 2 bridgehead atoms. The number of carbonyl (C=O) groups excluding carboxylic acids is 1. The van der Waals surface area contributed by atoms with Gasteiger partial charge in [-0.25, -0.2) is 4.98 Å². The molecule has 174 valence electrons. The summed E-state index contributed by atoms with van der Waals surface area (Å²) < 4.78 is 1.15. The molecular weight excluding hydrogens is 426 g/mol. The number of fused-ring (bicyclic) bond motifs is 3. The van der Waals surface area contributed by atoms with Gasteiger partial charge in [-0.15, -0.1) is 0 Å². The number of nitrogens with zero attached hydrogens (tertiary/aromatic N) is 3. The van der Waals surface area contributed by atoms with Crippen LogP contribution in [0.15, 0.2) is 48.5 Å². The zero-order valence-corrected chi connectivity index (χ0v) is 21.3. The molecule has 5 heteroatoms. The molecule has 0 unspecified atom stereocenters. The maximum atomic E-state index is 13.7. The number of aromatic nitrogens is 1. The number of rotatable bonds is 5. The predicted molar refractivity (Wildman–Crippen MR) is 138 cm³/mol. The summed E-state index contributed by atoms with van der Waals surface area (Å²) in [7, 11) is 0. The number of benzene rings is 2. The van der Waals surface area contributed by atoms with E-state index in [1.807, 2.05) is 18.2 Å². The Balaban J connectivity index is 1.46. The smallest absolute Gasteiger partial charge is 0.242 e. The second kappa shape index (κ2) is 8.12. The molecule has 0 radical (unpaired) electrons. The van der Waals surface area contributed by atoms with Crippen LogP contribution in [-0.4, -0.2) is 34.9 Å². The number of hydrogen-bond donors (Lipinski definition) is 0. The molecule has 2 fully saturated rings. The summed E-state index contributed by atoms with van der Waals surface area (Å²) in [5.41, 5.74) is 3.85. The maximum absolute atomic E-state index is 13.7. The highest BCUT2D eigenvalue weighted by atomic mass is 32.1. The predicted octanol–water partition coefficient (Wildman–Crippen LogP) is 6.99. The highest BCUT2D eigenvalue weighted by Gasteiger charge is 2.51. The SMILES string of the molecule is CC(C)c1ccc(N(CC(=O)N2C[C@]3(C)C[C@@H]2CC(C)(C)C3)c2nc3ccccc3s2)cc1. The third-order valence-electron chi connectivity index (χ3n) is 7.41. The van der Waals surface area contributed by atoms with Gasteiger partial charge in [-0.3, -0.25) is 4.79 Å². The van der Waals surface area contributed by atoms with E-state index in [0.717, 1.165) is 40.4 Å². The van der Waals surface area contributed by atoms with Crippen LogP contribution in [0.3, 0.4) is 0 Å². The number of carbonyl (C=O) groups is 1. The van der Waals surface area contributed by atoms with E-state index in [4.69, 9.17) is 4.98 Å². The molecule has 0 N–H and O–H groups in total. The van der Waals surface area contributed by atoms with Gasteiger partial charge in [-0.2, -0.15) is 0 Å². The van der Waals surface area contributed by atoms with Gasteiger partial charge in [0.2, 0.25) is 5.91 Å². The van der Waals surface area contributed by atoms with Gasteiger partial charge < -0.3 is 9.80 Å². The van der Waals surface area contributed by atoms with Crippen LogP contribution in [0.5, 0.6) is 0 Å². The zero-order chi connectivity index (χ0) is 23.4. The minimum Gasteiger partial charge on any atom is -0.338 e. The maximum Gasteiger partial charge on any atom is 0.242 e. The lowest BCUT2D eigenvalue weighted by Gasteiger charge is -2.39. The first-order valence-corrected chi connectivity index (χ1v) is 13.0. The van der Waals surface area contributed by atoms with Crippen LogP contribution >= 0.6 is 11.3 Å². The topological polar surface area (TPSA) is 36.4 Å². The van der Waals surface area contributed by atoms with Gasteiger partial charge in [0.25, 0.3) is 0 Å². The first kappa shape index (κ1) is 22.4. The fraction of sp³-hybridized carbons (Fsp3) is 0.500. The van der Waals surface area contributed by atoms with Gasteiger partial charge in [0, 0.05) is 18.3 Å². The van der Waals surface area contributed by atoms with Crippen molar-refractivity contribution in [1.29, 1.82) is 0 Å². The van der Waals surface area contributed by atoms with Crippen molar-refractivity contribution in [2.75, 3.05) is 18.0 Å². The summed E-state index contributed by atoms with van der Waals surface area (Å²) in [5.74, 6) is 0.693. The molecule has 1 aliphatic carbocycles. The molecule has 0 spiro atoms. The molecule has 2 heterocycles. The van der Waals surface area contributed by atoms with Crippen molar-refractivity contribution >= 4 is 38.3 Å². The first-order valence-electron chi connectivity index (χ1n) is 12.2. The summed E-state index contributed by atoms with van der Waals surface area (Å²) in [5, 5.41) is 0.885. The van der Waals surface area contributed by atoms with E-state index in [0.29, 0.717) is 23.9 Å². The standard InChI is InChI=1S/C28H35N3OS/c1-19(2)20-10-12-21(13-11-20)30(26-29-23-8-6-7-9-24(23)33-26)16-25(32)31-18-28(5)15-22(31)14-27(3,4)17-28/h6-13,19,22H,14-18H2,1-5H3/t22-,28+/m0/s1. The van der Waals surface area contributed by atoms with E-state index in [2.05, 4.69) is 74.8 Å². The summed E-state index contributed by atoms with van der Waals surface area (Å²) >= 11 is 1.66. The van der Waals surface area contributed by atoms with Crippen LogP contribution < -0.4 is 4.90 Å². The summed E-state index contributed by atoms with van der Waals surface area (Å²) in [6.45, 7) is 12.7. The van der Waals surface area contributed by atoms with Crippen LogP contribution in [-0.2, 0) is 4.79 Å². The molecule has 3 aromatic rings. The second-order valence-corrected chi connectivity index (χ2v) is 12.5. The lowest BCUT2D eigenvalue weighted by atomic mass is 9.65. The van der Waals surface area contributed by atoms with E-state index in [1.54, 1.807) is 11.3 Å². The number of amides is 1. The molecule has 2 atom stereocenters. The Hall–Kier alpha value is -2.40. The van der Waals surface area contributed by atoms with E-state index >= 15 is 0 Å². The summed E-state index contributed by atoms with van der Waals surface area (Å²) in [6, 6.07) is 17.2. The number of hydrogen-bond acceptors (Lipinski definition) is 4. The van der Waals surface area contributed by atoms with E-state index in [-0.39, 0.29) is 11.3 Å². The second-order valence-electron chi connectivity index (χ2n) is 11.5. The Morgan fingerprint density at radius 2 is 1.85 bits per heavy atom. The lowest BCUT2D eigenvalue weighted by molar-refractivity contribution is -0.130. The van der Waals surface area contributed by atoms with E-state index in [1.165, 1.54) is 12.0 Å². The van der Waals surface area contributed by atoms with Gasteiger partial charge in [0.1, 0.15) is 6.54 Å². The fourth-order valence-corrected chi connectivity index (χ4v) is 7.25. The van der Waals surface area contributed by atoms with Crippen molar-refractivity contribution in [3.63, 3.8) is 0 Å². The van der Waals surface area contributed by atoms with Crippen molar-refractivity contribution in [2.24, 2.45) is 10.8 Å². The minimum absolute atomic E-state index is 0.216. The normalized spacial score (nSPS) is 23.9. The molecule has 33 heavy (non-hydrogen) atoms. The van der Waals surface area contributed by atoms with Crippen molar-refractivity contribution < 1.29 is 4.79 Å². The first-order chi connectivity index (χ1) is 15.6. The molecular formula is C28H35N3OS. The number of anilines is 2. The van der Waals surface area contributed by atoms with Crippen LogP contribution in [0.2, 0.25) is 0 Å². The fourth-order valence-electron chi connectivity index (χ4n) is 6.26. The number of para-hydroxylation sites is 1. The van der Waals surface area contributed by atoms with Crippen molar-refractivity contribution in [3.8, 4) is 0 Å². The third kappa shape index (κ3) is 4.40. The summed E-state index contributed by atoms with van der Waals surface area (Å²) in [4.78, 5) is 22.9. The molecule has 1 saturated heterocycles. The Labute approximate surface area is 201 Å². The lowest BCUT2D eigenvalue weighted by Crippen LogP contribution is -2.42. The largest absolute Gasteiger partial charge is 0.338 e. The van der Waals surface area contributed by atoms with E-state index < -0.39 is 0 Å². The van der Waals surface area contributed by atoms with Crippen molar-refractivity contribution in [1.82, 2.24) is 9.88 Å². The monoisotopic (exact) mass is 461 g/mol. The van der Waals surface area contributed by atoms with Gasteiger partial charge in [-0.05, 0) is 65.8 Å². The van der Waals surface area contributed by atoms with E-state index in [9.17, 15) is 4.79 Å². The minimum atomic E-state index is 0.216. The molecule has 1 amide bonds. The Morgan fingerprint density at radius 3 is 2.55 bits per heavy atom. The Kier molecular flexibility index (Phi) is 5.51. The van der Waals surface area contributed by atoms with Gasteiger partial charge >= 0.3 is 0 Å². The Bertz CT molecular complexity index is 1130. The molecule has 1 aromatic heterocycles. The molecule has 5 rings (SSSR count). The average Bonchev–Trinajstić information content (AvgIpc) is 3.29. The number of thiazole rings is 1. The highest BCUT2D eigenvalue weighted by Crippen LogP contribution is 2.52. The van der Waals surface area contributed by atoms with Gasteiger partial charge in [0.05, 0.1) is 10.2 Å². The zero-order valence-electron chi connectivity index (χ0n) is 20.5. The quantitative estimate of drug-likeness (QED) is 0.411. The van der Waals surface area contributed by atoms with Crippen LogP contribution in [0.1, 0.15) is 65.4 Å². The molecule has 4 nitrogen and oxygen atoms in total. The molecule has 1 saturated carbocycles. The van der Waals surface area contributed by atoms with Gasteiger partial charge in [-0.1, -0.05) is 70.2 Å². The highest BCUT2D eigenvalue weighted by molar-refractivity contribution is 7.22. The van der Waals surface area contributed by atoms with Crippen LogP contribution in [0.4, 0.5) is 10.8 Å². The van der Waals surface area contributed by atoms with Crippen molar-refractivity contribution in [3.05, 3.63) is 54.1 Å². The van der Waals surface area contributed by atoms with Crippen molar-refractivity contribution in [2.45, 2.75) is 65.8 Å². The average molecular weight is 462 g/mol. The van der Waals surface area contributed by atoms with Crippen LogP contribution in [0, 0.1) is 10.8 Å². The van der Waals surface area contributed by atoms with Crippen LogP contribution in [0.25, 0.3) is 10.2 Å². The third-order valence-corrected chi connectivity index (χ3v) is 8.47. The summed E-state index contributed by atoms with van der Waals surface area (Å²) in [6.07, 6.45) is 3.42. The molecule has 1 aliphatic heterocycles.